The zero-order valence-corrected chi connectivity index (χ0v) is 20.3. The Kier molecular flexibility index (Phi) is 7.07. The first-order chi connectivity index (χ1) is 14.9. The largest absolute Gasteiger partial charge is 0.352 e. The van der Waals surface area contributed by atoms with Crippen LogP contribution in [0.5, 0.6) is 0 Å². The van der Waals surface area contributed by atoms with Crippen LogP contribution in [0.15, 0.2) is 9.95 Å². The Bertz CT molecular complexity index is 1140. The third-order valence-corrected chi connectivity index (χ3v) is 9.89. The molecule has 0 radical (unpaired) electrons. The van der Waals surface area contributed by atoms with Gasteiger partial charge < -0.3 is 5.32 Å². The summed E-state index contributed by atoms with van der Waals surface area (Å²) in [7, 11) is -3.04. The van der Waals surface area contributed by atoms with Gasteiger partial charge in [0.2, 0.25) is 5.91 Å². The molecule has 0 bridgehead atoms. The number of thiophene rings is 1. The summed E-state index contributed by atoms with van der Waals surface area (Å²) >= 11 is 2.89. The van der Waals surface area contributed by atoms with Crippen LogP contribution in [0.1, 0.15) is 55.9 Å². The Hall–Kier alpha value is -1.39. The van der Waals surface area contributed by atoms with Crippen molar-refractivity contribution >= 4 is 49.1 Å². The number of carbonyl (C=O) groups excluding carboxylic acids is 1. The van der Waals surface area contributed by atoms with Crippen LogP contribution < -0.4 is 10.9 Å². The number of amides is 1. The fourth-order valence-corrected chi connectivity index (χ4v) is 8.17. The Morgan fingerprint density at radius 1 is 1.29 bits per heavy atom. The number of rotatable bonds is 8. The van der Waals surface area contributed by atoms with Crippen molar-refractivity contribution < 1.29 is 13.2 Å². The highest BCUT2D eigenvalue weighted by Crippen LogP contribution is 2.34. The number of nitrogens with one attached hydrogen (secondary N) is 1. The predicted octanol–water partition coefficient (Wildman–Crippen LogP) is 2.92. The lowest BCUT2D eigenvalue weighted by molar-refractivity contribution is -0.119. The fraction of sp³-hybridized carbons (Fsp3) is 0.667. The molecule has 170 valence electrons. The third-order valence-electron chi connectivity index (χ3n) is 5.96. The number of thioether (sulfide) groups is 1. The Labute approximate surface area is 190 Å². The van der Waals surface area contributed by atoms with Crippen molar-refractivity contribution in [3.63, 3.8) is 0 Å². The molecular weight excluding hydrogens is 454 g/mol. The molecule has 31 heavy (non-hydrogen) atoms. The standard InChI is InChI=1S/C21H29N3O4S3/c1-2-3-6-10-24-20(26)18-15-7-4-5-8-16(15)30-19(18)23-21(24)29-12-17(25)22-14-9-11-31(27,28)13-14/h14H,2-13H2,1H3,(H,22,25). The second kappa shape index (κ2) is 9.62. The van der Waals surface area contributed by atoms with Crippen molar-refractivity contribution in [1.29, 1.82) is 0 Å². The smallest absolute Gasteiger partial charge is 0.263 e. The summed E-state index contributed by atoms with van der Waals surface area (Å²) in [6.07, 6.45) is 7.69. The molecule has 2 aromatic rings. The molecule has 0 saturated carbocycles. The number of unbranched alkanes of at least 4 members (excludes halogenated alkanes) is 2. The van der Waals surface area contributed by atoms with Crippen LogP contribution in [0.25, 0.3) is 10.2 Å². The highest BCUT2D eigenvalue weighted by atomic mass is 32.2. The van der Waals surface area contributed by atoms with E-state index in [2.05, 4.69) is 12.2 Å². The van der Waals surface area contributed by atoms with E-state index in [-0.39, 0.29) is 34.8 Å². The minimum atomic E-state index is -3.04. The van der Waals surface area contributed by atoms with E-state index in [0.29, 0.717) is 18.1 Å². The molecule has 1 aliphatic heterocycles. The lowest BCUT2D eigenvalue weighted by atomic mass is 9.97. The monoisotopic (exact) mass is 483 g/mol. The van der Waals surface area contributed by atoms with Crippen LogP contribution in [0, 0.1) is 0 Å². The van der Waals surface area contributed by atoms with Gasteiger partial charge in [0.1, 0.15) is 4.83 Å². The molecule has 2 aliphatic rings. The highest BCUT2D eigenvalue weighted by Gasteiger charge is 2.29. The maximum Gasteiger partial charge on any atom is 0.263 e. The van der Waals surface area contributed by atoms with Gasteiger partial charge in [-0.25, -0.2) is 13.4 Å². The second-order valence-electron chi connectivity index (χ2n) is 8.41. The van der Waals surface area contributed by atoms with E-state index in [1.807, 2.05) is 0 Å². The number of aromatic nitrogens is 2. The van der Waals surface area contributed by atoms with Gasteiger partial charge in [-0.1, -0.05) is 31.5 Å². The van der Waals surface area contributed by atoms with E-state index in [9.17, 15) is 18.0 Å². The van der Waals surface area contributed by atoms with E-state index >= 15 is 0 Å². The summed E-state index contributed by atoms with van der Waals surface area (Å²) in [6, 6.07) is -0.315. The first-order valence-electron chi connectivity index (χ1n) is 11.1. The van der Waals surface area contributed by atoms with E-state index in [1.54, 1.807) is 15.9 Å². The molecule has 0 spiro atoms. The zero-order valence-electron chi connectivity index (χ0n) is 17.8. The number of nitrogens with zero attached hydrogens (tertiary/aromatic N) is 2. The quantitative estimate of drug-likeness (QED) is 0.352. The van der Waals surface area contributed by atoms with Crippen LogP contribution in [0.3, 0.4) is 0 Å². The highest BCUT2D eigenvalue weighted by molar-refractivity contribution is 7.99. The van der Waals surface area contributed by atoms with Gasteiger partial charge in [0.05, 0.1) is 22.6 Å². The molecule has 7 nitrogen and oxygen atoms in total. The number of carbonyl (C=O) groups is 1. The Morgan fingerprint density at radius 3 is 2.84 bits per heavy atom. The molecule has 3 heterocycles. The first-order valence-corrected chi connectivity index (χ1v) is 14.7. The molecule has 1 atom stereocenters. The van der Waals surface area contributed by atoms with E-state index in [4.69, 9.17) is 4.98 Å². The summed E-state index contributed by atoms with van der Waals surface area (Å²) in [5.41, 5.74) is 1.20. The number of fused-ring (bicyclic) bond motifs is 3. The topological polar surface area (TPSA) is 98.1 Å². The van der Waals surface area contributed by atoms with Crippen molar-refractivity contribution in [3.8, 4) is 0 Å². The maximum absolute atomic E-state index is 13.4. The summed E-state index contributed by atoms with van der Waals surface area (Å²) in [4.78, 5) is 32.7. The maximum atomic E-state index is 13.4. The third kappa shape index (κ3) is 5.17. The molecule has 1 saturated heterocycles. The van der Waals surface area contributed by atoms with Crippen molar-refractivity contribution in [1.82, 2.24) is 14.9 Å². The van der Waals surface area contributed by atoms with E-state index in [1.165, 1.54) is 22.2 Å². The Balaban J connectivity index is 1.55. The van der Waals surface area contributed by atoms with Gasteiger partial charge in [-0.3, -0.25) is 14.2 Å². The number of hydrogen-bond acceptors (Lipinski definition) is 7. The number of hydrogen-bond donors (Lipinski definition) is 1. The van der Waals surface area contributed by atoms with Crippen molar-refractivity contribution in [2.24, 2.45) is 0 Å². The molecular formula is C21H29N3O4S3. The fourth-order valence-electron chi connectivity index (χ4n) is 4.36. The van der Waals surface area contributed by atoms with Gasteiger partial charge in [-0.2, -0.15) is 0 Å². The second-order valence-corrected chi connectivity index (χ2v) is 12.7. The van der Waals surface area contributed by atoms with Gasteiger partial charge in [0, 0.05) is 17.5 Å². The van der Waals surface area contributed by atoms with Crippen molar-refractivity contribution in [3.05, 3.63) is 20.8 Å². The van der Waals surface area contributed by atoms with Crippen LogP contribution in [-0.4, -0.2) is 47.2 Å². The van der Waals surface area contributed by atoms with Crippen molar-refractivity contribution in [2.75, 3.05) is 17.3 Å². The normalized spacial score (nSPS) is 20.1. The van der Waals surface area contributed by atoms with Crippen molar-refractivity contribution in [2.45, 2.75) is 76.0 Å². The van der Waals surface area contributed by atoms with E-state index in [0.717, 1.165) is 55.2 Å². The molecule has 1 N–H and O–H groups in total. The van der Waals surface area contributed by atoms with Crippen LogP contribution >= 0.6 is 23.1 Å². The lowest BCUT2D eigenvalue weighted by Crippen LogP contribution is -2.36. The van der Waals surface area contributed by atoms with E-state index < -0.39 is 9.84 Å². The zero-order chi connectivity index (χ0) is 22.0. The van der Waals surface area contributed by atoms with Crippen LogP contribution in [0.2, 0.25) is 0 Å². The average Bonchev–Trinajstić information content (AvgIpc) is 3.27. The molecule has 2 aromatic heterocycles. The average molecular weight is 484 g/mol. The summed E-state index contributed by atoms with van der Waals surface area (Å²) in [5.74, 6) is 0.0410. The molecule has 10 heteroatoms. The molecule has 0 aromatic carbocycles. The molecule has 1 aliphatic carbocycles. The summed E-state index contributed by atoms with van der Waals surface area (Å²) in [6.45, 7) is 2.73. The SMILES string of the molecule is CCCCCn1c(SCC(=O)NC2CCS(=O)(=O)C2)nc2sc3c(c2c1=O)CCCC3. The van der Waals surface area contributed by atoms with Crippen LogP contribution in [-0.2, 0) is 34.0 Å². The molecule has 1 unspecified atom stereocenters. The summed E-state index contributed by atoms with van der Waals surface area (Å²) < 4.78 is 25.0. The predicted molar refractivity (Wildman–Crippen MR) is 126 cm³/mol. The number of sulfone groups is 1. The van der Waals surface area contributed by atoms with Gasteiger partial charge in [0.25, 0.3) is 5.56 Å². The first kappa shape index (κ1) is 22.8. The van der Waals surface area contributed by atoms with Gasteiger partial charge in [-0.05, 0) is 44.1 Å². The molecule has 1 amide bonds. The van der Waals surface area contributed by atoms with Gasteiger partial charge >= 0.3 is 0 Å². The lowest BCUT2D eigenvalue weighted by Gasteiger charge is -2.14. The minimum absolute atomic E-state index is 0.0100. The van der Waals surface area contributed by atoms with Gasteiger partial charge in [0.15, 0.2) is 15.0 Å². The minimum Gasteiger partial charge on any atom is -0.352 e. The molecule has 1 fully saturated rings. The van der Waals surface area contributed by atoms with Crippen LogP contribution in [0.4, 0.5) is 0 Å². The number of aryl methyl sites for hydroxylation is 2. The molecule has 4 rings (SSSR count). The van der Waals surface area contributed by atoms with Gasteiger partial charge in [-0.15, -0.1) is 11.3 Å². The Morgan fingerprint density at radius 2 is 2.10 bits per heavy atom. The summed E-state index contributed by atoms with van der Waals surface area (Å²) in [5, 5.41) is 4.18.